The zero-order valence-corrected chi connectivity index (χ0v) is 12.0. The lowest BCUT2D eigenvalue weighted by molar-refractivity contribution is 0.00578. The lowest BCUT2D eigenvalue weighted by Gasteiger charge is -2.32. The predicted octanol–water partition coefficient (Wildman–Crippen LogP) is 3.00. The van der Waals surface area contributed by atoms with Crippen LogP contribution in [0.2, 0.25) is 0 Å². The Morgan fingerprint density at radius 3 is 2.21 bits per heavy atom. The van der Waals surface area contributed by atoms with Crippen molar-refractivity contribution in [3.63, 3.8) is 0 Å². The number of halogens is 1. The van der Waals surface area contributed by atoms with Crippen molar-refractivity contribution in [1.29, 1.82) is 0 Å². The van der Waals surface area contributed by atoms with E-state index in [1.54, 1.807) is 6.07 Å². The van der Waals surface area contributed by atoms with Crippen LogP contribution in [-0.2, 0) is 9.31 Å². The Hall–Kier alpha value is -0.865. The highest BCUT2D eigenvalue weighted by Crippen LogP contribution is 2.42. The van der Waals surface area contributed by atoms with Crippen molar-refractivity contribution < 1.29 is 13.7 Å². The fourth-order valence-electron chi connectivity index (χ4n) is 2.53. The molecule has 0 unspecified atom stereocenters. The molecule has 1 heterocycles. The first kappa shape index (κ1) is 13.1. The monoisotopic (exact) mass is 262 g/mol. The van der Waals surface area contributed by atoms with Gasteiger partial charge in [0.15, 0.2) is 0 Å². The van der Waals surface area contributed by atoms with E-state index in [0.717, 1.165) is 23.9 Å². The summed E-state index contributed by atoms with van der Waals surface area (Å²) in [6.45, 7) is 8.07. The lowest BCUT2D eigenvalue weighted by Crippen LogP contribution is -2.41. The first-order valence-electron chi connectivity index (χ1n) is 6.96. The molecule has 2 nitrogen and oxygen atoms in total. The summed E-state index contributed by atoms with van der Waals surface area (Å²) in [6, 6.07) is 5.20. The van der Waals surface area contributed by atoms with E-state index in [4.69, 9.17) is 9.31 Å². The highest BCUT2D eigenvalue weighted by atomic mass is 19.1. The molecule has 0 N–H and O–H groups in total. The van der Waals surface area contributed by atoms with Gasteiger partial charge in [-0.2, -0.15) is 0 Å². The molecule has 1 saturated carbocycles. The van der Waals surface area contributed by atoms with Crippen molar-refractivity contribution in [3.05, 3.63) is 29.6 Å². The Balaban J connectivity index is 1.98. The molecule has 0 bridgehead atoms. The first-order valence-corrected chi connectivity index (χ1v) is 6.96. The van der Waals surface area contributed by atoms with Crippen molar-refractivity contribution in [2.45, 2.75) is 57.7 Å². The second-order valence-electron chi connectivity index (χ2n) is 6.61. The standard InChI is InChI=1S/C15H20BFO2/c1-14(2)15(3,4)19-16(18-14)11-6-5-7-12(17)13(11)10-8-9-10/h5-7,10H,8-9H2,1-4H3. The summed E-state index contributed by atoms with van der Waals surface area (Å²) in [6.07, 6.45) is 2.13. The van der Waals surface area contributed by atoms with E-state index in [2.05, 4.69) is 0 Å². The van der Waals surface area contributed by atoms with Crippen LogP contribution < -0.4 is 5.46 Å². The minimum absolute atomic E-state index is 0.130. The molecule has 102 valence electrons. The van der Waals surface area contributed by atoms with Gasteiger partial charge >= 0.3 is 7.12 Å². The van der Waals surface area contributed by atoms with Crippen molar-refractivity contribution >= 4 is 12.6 Å². The van der Waals surface area contributed by atoms with Crippen molar-refractivity contribution in [2.75, 3.05) is 0 Å². The molecular formula is C15H20BFO2. The molecule has 2 aliphatic rings. The van der Waals surface area contributed by atoms with E-state index < -0.39 is 7.12 Å². The Bertz CT molecular complexity index is 493. The normalized spacial score (nSPS) is 24.8. The average molecular weight is 262 g/mol. The quantitative estimate of drug-likeness (QED) is 0.763. The Morgan fingerprint density at radius 2 is 1.68 bits per heavy atom. The summed E-state index contributed by atoms with van der Waals surface area (Å²) >= 11 is 0. The third-order valence-electron chi connectivity index (χ3n) is 4.58. The highest BCUT2D eigenvalue weighted by molar-refractivity contribution is 6.62. The molecule has 3 rings (SSSR count). The topological polar surface area (TPSA) is 18.5 Å². The van der Waals surface area contributed by atoms with Crippen LogP contribution in [-0.4, -0.2) is 18.3 Å². The fraction of sp³-hybridized carbons (Fsp3) is 0.600. The molecule has 19 heavy (non-hydrogen) atoms. The van der Waals surface area contributed by atoms with Crippen molar-refractivity contribution in [3.8, 4) is 0 Å². The molecule has 1 saturated heterocycles. The lowest BCUT2D eigenvalue weighted by atomic mass is 9.74. The summed E-state index contributed by atoms with van der Waals surface area (Å²) in [5.74, 6) is 0.213. The van der Waals surface area contributed by atoms with Gasteiger partial charge in [-0.25, -0.2) is 4.39 Å². The molecule has 2 fully saturated rings. The van der Waals surface area contributed by atoms with Gasteiger partial charge in [0.25, 0.3) is 0 Å². The second kappa shape index (κ2) is 4.06. The summed E-state index contributed by atoms with van der Waals surface area (Å²) < 4.78 is 26.1. The molecule has 0 spiro atoms. The number of rotatable bonds is 2. The van der Waals surface area contributed by atoms with Gasteiger partial charge in [0.05, 0.1) is 11.2 Å². The summed E-state index contributed by atoms with van der Waals surface area (Å²) in [7, 11) is -0.462. The SMILES string of the molecule is CC1(C)OB(c2cccc(F)c2C2CC2)OC1(C)C. The van der Waals surface area contributed by atoms with Gasteiger partial charge in [0.2, 0.25) is 0 Å². The van der Waals surface area contributed by atoms with Crippen LogP contribution >= 0.6 is 0 Å². The minimum Gasteiger partial charge on any atom is -0.399 e. The largest absolute Gasteiger partial charge is 0.495 e. The zero-order valence-electron chi connectivity index (χ0n) is 12.0. The van der Waals surface area contributed by atoms with E-state index in [0.29, 0.717) is 5.92 Å². The highest BCUT2D eigenvalue weighted by Gasteiger charge is 2.52. The molecule has 0 aromatic heterocycles. The third-order valence-corrected chi connectivity index (χ3v) is 4.58. The van der Waals surface area contributed by atoms with Crippen LogP contribution in [0.3, 0.4) is 0 Å². The van der Waals surface area contributed by atoms with Gasteiger partial charge in [0.1, 0.15) is 5.82 Å². The Kier molecular flexibility index (Phi) is 2.81. The van der Waals surface area contributed by atoms with Gasteiger partial charge < -0.3 is 9.31 Å². The number of hydrogen-bond acceptors (Lipinski definition) is 2. The molecule has 0 radical (unpaired) electrons. The van der Waals surface area contributed by atoms with Gasteiger partial charge in [-0.1, -0.05) is 12.1 Å². The van der Waals surface area contributed by atoms with Gasteiger partial charge in [-0.3, -0.25) is 0 Å². The smallest absolute Gasteiger partial charge is 0.399 e. The van der Waals surface area contributed by atoms with Crippen molar-refractivity contribution in [1.82, 2.24) is 0 Å². The predicted molar refractivity (Wildman–Crippen MR) is 74.1 cm³/mol. The first-order chi connectivity index (χ1) is 8.82. The molecule has 0 amide bonds. The van der Waals surface area contributed by atoms with Crippen LogP contribution in [0.5, 0.6) is 0 Å². The van der Waals surface area contributed by atoms with Crippen LogP contribution in [0.1, 0.15) is 52.0 Å². The molecule has 0 atom stereocenters. The average Bonchev–Trinajstić information content (AvgIpc) is 3.07. The summed E-state index contributed by atoms with van der Waals surface area (Å²) in [4.78, 5) is 0. The van der Waals surface area contributed by atoms with E-state index in [1.165, 1.54) is 6.07 Å². The molecule has 1 aromatic carbocycles. The number of benzene rings is 1. The van der Waals surface area contributed by atoms with Crippen LogP contribution in [0.4, 0.5) is 4.39 Å². The maximum atomic E-state index is 14.1. The van der Waals surface area contributed by atoms with E-state index in [1.807, 2.05) is 33.8 Å². The molecule has 1 aromatic rings. The summed E-state index contributed by atoms with van der Waals surface area (Å²) in [5.41, 5.74) is 0.887. The van der Waals surface area contributed by atoms with Gasteiger partial charge in [0, 0.05) is 0 Å². The number of hydrogen-bond donors (Lipinski definition) is 0. The van der Waals surface area contributed by atoms with E-state index >= 15 is 0 Å². The second-order valence-corrected chi connectivity index (χ2v) is 6.61. The van der Waals surface area contributed by atoms with Crippen LogP contribution in [0.15, 0.2) is 18.2 Å². The van der Waals surface area contributed by atoms with Crippen LogP contribution in [0, 0.1) is 5.82 Å². The maximum Gasteiger partial charge on any atom is 0.495 e. The Labute approximate surface area is 114 Å². The maximum absolute atomic E-state index is 14.1. The zero-order chi connectivity index (χ0) is 13.8. The minimum atomic E-state index is -0.462. The molecule has 4 heteroatoms. The van der Waals surface area contributed by atoms with Crippen LogP contribution in [0.25, 0.3) is 0 Å². The van der Waals surface area contributed by atoms with Gasteiger partial charge in [-0.05, 0) is 63.5 Å². The molecule has 1 aliphatic carbocycles. The third kappa shape index (κ3) is 2.11. The fourth-order valence-corrected chi connectivity index (χ4v) is 2.53. The van der Waals surface area contributed by atoms with Crippen molar-refractivity contribution in [2.24, 2.45) is 0 Å². The molecule has 1 aliphatic heterocycles. The molecular weight excluding hydrogens is 242 g/mol. The Morgan fingerprint density at radius 1 is 1.11 bits per heavy atom. The van der Waals surface area contributed by atoms with E-state index in [-0.39, 0.29) is 17.0 Å². The van der Waals surface area contributed by atoms with E-state index in [9.17, 15) is 4.39 Å². The van der Waals surface area contributed by atoms with Gasteiger partial charge in [-0.15, -0.1) is 0 Å². The summed E-state index contributed by atoms with van der Waals surface area (Å²) in [5, 5.41) is 0.